The number of halogens is 3. The highest BCUT2D eigenvalue weighted by atomic mass is 32.2. The van der Waals surface area contributed by atoms with Crippen LogP contribution in [0.25, 0.3) is 0 Å². The van der Waals surface area contributed by atoms with Crippen molar-refractivity contribution < 1.29 is 31.2 Å². The molecule has 1 heterocycles. The van der Waals surface area contributed by atoms with Gasteiger partial charge >= 0.3 is 0 Å². The fourth-order valence-electron chi connectivity index (χ4n) is 3.44. The Labute approximate surface area is 180 Å². The topological polar surface area (TPSA) is 110 Å². The average molecular weight is 461 g/mol. The number of carbonyl (C=O) groups excluding carboxylic acids is 2. The van der Waals surface area contributed by atoms with Crippen LogP contribution in [0.15, 0.2) is 65.6 Å². The van der Waals surface area contributed by atoms with Gasteiger partial charge in [0, 0.05) is 0 Å². The van der Waals surface area contributed by atoms with Crippen molar-refractivity contribution in [3.8, 4) is 0 Å². The third kappa shape index (κ3) is 3.61. The van der Waals surface area contributed by atoms with E-state index in [0.717, 1.165) is 23.1 Å². The van der Waals surface area contributed by atoms with Crippen LogP contribution in [0, 0.1) is 17.5 Å². The normalized spacial score (nSPS) is 15.8. The van der Waals surface area contributed by atoms with Crippen LogP contribution in [0.2, 0.25) is 0 Å². The number of hydrogen-bond donors (Lipinski definition) is 2. The van der Waals surface area contributed by atoms with Crippen molar-refractivity contribution in [1.29, 1.82) is 0 Å². The second-order valence-electron chi connectivity index (χ2n) is 6.92. The Balaban J connectivity index is 1.94. The molecule has 4 rings (SSSR count). The average Bonchev–Trinajstić information content (AvgIpc) is 2.76. The summed E-state index contributed by atoms with van der Waals surface area (Å²) in [5, 5.41) is 7.64. The number of nitrogens with one attached hydrogen (secondary N) is 1. The Hall–Kier alpha value is -3.70. The summed E-state index contributed by atoms with van der Waals surface area (Å²) in [4.78, 5) is 26.9. The lowest BCUT2D eigenvalue weighted by Crippen LogP contribution is -2.45. The molecule has 2 amide bonds. The van der Waals surface area contributed by atoms with Gasteiger partial charge in [-0.2, -0.15) is 0 Å². The fraction of sp³-hybridized carbons (Fsp3) is 0.0476. The first-order valence-corrected chi connectivity index (χ1v) is 10.6. The lowest BCUT2D eigenvalue weighted by Gasteiger charge is -2.37. The van der Waals surface area contributed by atoms with Gasteiger partial charge in [-0.05, 0) is 35.9 Å². The second-order valence-corrected chi connectivity index (χ2v) is 8.49. The summed E-state index contributed by atoms with van der Waals surface area (Å²) in [6.45, 7) is 0. The Morgan fingerprint density at radius 2 is 1.66 bits per heavy atom. The number of amides is 2. The minimum atomic E-state index is -4.13. The van der Waals surface area contributed by atoms with Gasteiger partial charge in [-0.3, -0.25) is 14.5 Å². The predicted molar refractivity (Wildman–Crippen MR) is 109 cm³/mol. The molecular formula is C21H14F3N3O4S. The van der Waals surface area contributed by atoms with Crippen molar-refractivity contribution in [2.45, 2.75) is 10.9 Å². The standard InChI is InChI=1S/C21H14F3N3O4S/c22-14-8-7-13(17(23)18(14)24)21(29)27-16-9-6-12(32(25,30)31)10-15(16)26-20(28)19(27)11-4-2-1-3-5-11/h1-10,19H,(H,26,28)(H2,25,30,31). The summed E-state index contributed by atoms with van der Waals surface area (Å²) < 4.78 is 65.0. The van der Waals surface area contributed by atoms with Gasteiger partial charge in [0.2, 0.25) is 10.0 Å². The predicted octanol–water partition coefficient (Wildman–Crippen LogP) is 3.09. The zero-order valence-electron chi connectivity index (χ0n) is 16.1. The minimum absolute atomic E-state index is 0.0139. The molecule has 1 atom stereocenters. The number of sulfonamides is 1. The molecule has 0 aromatic heterocycles. The van der Waals surface area contributed by atoms with Gasteiger partial charge in [-0.1, -0.05) is 30.3 Å². The molecule has 164 valence electrons. The number of benzene rings is 3. The second kappa shape index (κ2) is 7.77. The van der Waals surface area contributed by atoms with Gasteiger partial charge < -0.3 is 5.32 Å². The van der Waals surface area contributed by atoms with E-state index in [2.05, 4.69) is 5.32 Å². The number of anilines is 2. The number of nitrogens with two attached hydrogens (primary N) is 1. The molecule has 11 heteroatoms. The summed E-state index contributed by atoms with van der Waals surface area (Å²) in [5.41, 5.74) is -0.520. The van der Waals surface area contributed by atoms with E-state index < -0.39 is 50.9 Å². The molecule has 32 heavy (non-hydrogen) atoms. The molecule has 0 aliphatic carbocycles. The van der Waals surface area contributed by atoms with E-state index >= 15 is 0 Å². The van der Waals surface area contributed by atoms with Crippen LogP contribution in [-0.4, -0.2) is 20.2 Å². The van der Waals surface area contributed by atoms with E-state index in [0.29, 0.717) is 11.6 Å². The summed E-state index contributed by atoms with van der Waals surface area (Å²) in [6.07, 6.45) is 0. The quantitative estimate of drug-likeness (QED) is 0.584. The zero-order chi connectivity index (χ0) is 23.2. The first-order valence-electron chi connectivity index (χ1n) is 9.09. The zero-order valence-corrected chi connectivity index (χ0v) is 16.9. The Morgan fingerprint density at radius 3 is 2.31 bits per heavy atom. The van der Waals surface area contributed by atoms with E-state index in [4.69, 9.17) is 5.14 Å². The number of rotatable bonds is 3. The summed E-state index contributed by atoms with van der Waals surface area (Å²) in [7, 11) is -4.13. The number of carbonyl (C=O) groups is 2. The van der Waals surface area contributed by atoms with E-state index in [1.165, 1.54) is 6.07 Å². The van der Waals surface area contributed by atoms with E-state index in [-0.39, 0.29) is 16.3 Å². The maximum Gasteiger partial charge on any atom is 0.262 e. The molecule has 0 radical (unpaired) electrons. The van der Waals surface area contributed by atoms with Crippen molar-refractivity contribution in [2.75, 3.05) is 10.2 Å². The molecule has 3 aromatic rings. The third-order valence-corrected chi connectivity index (χ3v) is 5.83. The molecule has 1 unspecified atom stereocenters. The molecule has 3 aromatic carbocycles. The van der Waals surface area contributed by atoms with Crippen LogP contribution in [0.5, 0.6) is 0 Å². The Kier molecular flexibility index (Phi) is 5.23. The highest BCUT2D eigenvalue weighted by Crippen LogP contribution is 2.40. The monoisotopic (exact) mass is 461 g/mol. The summed E-state index contributed by atoms with van der Waals surface area (Å²) in [6, 6.07) is 11.4. The lowest BCUT2D eigenvalue weighted by molar-refractivity contribution is -0.117. The molecule has 0 saturated heterocycles. The van der Waals surface area contributed by atoms with Gasteiger partial charge in [-0.25, -0.2) is 26.7 Å². The van der Waals surface area contributed by atoms with Gasteiger partial charge in [0.15, 0.2) is 17.5 Å². The van der Waals surface area contributed by atoms with Crippen LogP contribution in [0.1, 0.15) is 22.0 Å². The third-order valence-electron chi connectivity index (χ3n) is 4.92. The van der Waals surface area contributed by atoms with Crippen LogP contribution in [0.3, 0.4) is 0 Å². The van der Waals surface area contributed by atoms with Crippen molar-refractivity contribution in [2.24, 2.45) is 5.14 Å². The van der Waals surface area contributed by atoms with Crippen molar-refractivity contribution in [1.82, 2.24) is 0 Å². The molecule has 3 N–H and O–H groups in total. The van der Waals surface area contributed by atoms with Crippen molar-refractivity contribution in [3.05, 3.63) is 89.2 Å². The van der Waals surface area contributed by atoms with Gasteiger partial charge in [-0.15, -0.1) is 0 Å². The fourth-order valence-corrected chi connectivity index (χ4v) is 3.98. The molecule has 0 saturated carbocycles. The van der Waals surface area contributed by atoms with Gasteiger partial charge in [0.1, 0.15) is 6.04 Å². The maximum atomic E-state index is 14.4. The SMILES string of the molecule is NS(=O)(=O)c1ccc2c(c1)NC(=O)C(c1ccccc1)N2C(=O)c1ccc(F)c(F)c1F. The molecular weight excluding hydrogens is 447 g/mol. The number of nitrogens with zero attached hydrogens (tertiary/aromatic N) is 1. The molecule has 7 nitrogen and oxygen atoms in total. The van der Waals surface area contributed by atoms with Crippen LogP contribution in [0.4, 0.5) is 24.5 Å². The van der Waals surface area contributed by atoms with Crippen molar-refractivity contribution >= 4 is 33.2 Å². The van der Waals surface area contributed by atoms with E-state index in [9.17, 15) is 31.2 Å². The maximum absolute atomic E-state index is 14.4. The Bertz CT molecular complexity index is 1360. The van der Waals surface area contributed by atoms with Crippen LogP contribution < -0.4 is 15.4 Å². The molecule has 1 aliphatic rings. The number of hydrogen-bond acceptors (Lipinski definition) is 4. The van der Waals surface area contributed by atoms with Crippen molar-refractivity contribution in [3.63, 3.8) is 0 Å². The highest BCUT2D eigenvalue weighted by Gasteiger charge is 2.40. The number of primary sulfonamides is 1. The highest BCUT2D eigenvalue weighted by molar-refractivity contribution is 7.89. The molecule has 0 fully saturated rings. The van der Waals surface area contributed by atoms with Crippen LogP contribution >= 0.6 is 0 Å². The van der Waals surface area contributed by atoms with Gasteiger partial charge in [0.25, 0.3) is 11.8 Å². The van der Waals surface area contributed by atoms with Crippen LogP contribution in [-0.2, 0) is 14.8 Å². The number of fused-ring (bicyclic) bond motifs is 1. The summed E-state index contributed by atoms with van der Waals surface area (Å²) in [5.74, 6) is -6.89. The molecule has 1 aliphatic heterocycles. The minimum Gasteiger partial charge on any atom is -0.322 e. The first-order chi connectivity index (χ1) is 15.1. The first kappa shape index (κ1) is 21.5. The molecule has 0 bridgehead atoms. The van der Waals surface area contributed by atoms with Gasteiger partial charge in [0.05, 0.1) is 21.8 Å². The van der Waals surface area contributed by atoms with E-state index in [1.54, 1.807) is 30.3 Å². The summed E-state index contributed by atoms with van der Waals surface area (Å²) >= 11 is 0. The van der Waals surface area contributed by atoms with E-state index in [1.807, 2.05) is 0 Å². The molecule has 0 spiro atoms. The Morgan fingerprint density at radius 1 is 0.969 bits per heavy atom. The lowest BCUT2D eigenvalue weighted by atomic mass is 9.98. The largest absolute Gasteiger partial charge is 0.322 e. The smallest absolute Gasteiger partial charge is 0.262 e.